The smallest absolute Gasteiger partial charge is 0.340 e. The molecule has 6 heteroatoms. The van der Waals surface area contributed by atoms with Crippen LogP contribution < -0.4 is 5.32 Å². The summed E-state index contributed by atoms with van der Waals surface area (Å²) in [5.74, 6) is -0.736. The summed E-state index contributed by atoms with van der Waals surface area (Å²) in [7, 11) is 1.92. The van der Waals surface area contributed by atoms with Crippen LogP contribution in [0.25, 0.3) is 0 Å². The van der Waals surface area contributed by atoms with Crippen molar-refractivity contribution in [2.45, 2.75) is 59.4 Å². The predicted octanol–water partition coefficient (Wildman–Crippen LogP) is 3.88. The highest BCUT2D eigenvalue weighted by atomic mass is 16.5. The molecule has 0 saturated carbocycles. The van der Waals surface area contributed by atoms with E-state index in [2.05, 4.69) is 12.2 Å². The minimum absolute atomic E-state index is 0.189. The van der Waals surface area contributed by atoms with Crippen LogP contribution in [0.2, 0.25) is 0 Å². The van der Waals surface area contributed by atoms with Crippen molar-refractivity contribution < 1.29 is 14.3 Å². The van der Waals surface area contributed by atoms with E-state index in [0.29, 0.717) is 16.8 Å². The van der Waals surface area contributed by atoms with Crippen LogP contribution in [0.3, 0.4) is 0 Å². The number of amides is 1. The number of hydrogen-bond donors (Lipinski definition) is 1. The number of likely N-dealkylation sites (N-methyl/N-ethyl adjacent to an activating group) is 1. The number of ether oxygens (including phenoxy) is 1. The number of esters is 1. The molecule has 0 aliphatic rings. The molecule has 1 atom stereocenters. The number of anilines is 1. The Bertz CT molecular complexity index is 695. The summed E-state index contributed by atoms with van der Waals surface area (Å²) in [5, 5.41) is 12.0. The molecule has 0 spiro atoms. The van der Waals surface area contributed by atoms with Crippen molar-refractivity contribution in [1.82, 2.24) is 4.90 Å². The normalized spacial score (nSPS) is 11.7. The third-order valence-corrected chi connectivity index (χ3v) is 4.61. The van der Waals surface area contributed by atoms with Crippen molar-refractivity contribution in [2.75, 3.05) is 25.5 Å². The van der Waals surface area contributed by atoms with Gasteiger partial charge in [0.15, 0.2) is 0 Å². The summed E-state index contributed by atoms with van der Waals surface area (Å²) in [6, 6.07) is 4.80. The molecule has 1 N–H and O–H groups in total. The lowest BCUT2D eigenvalue weighted by atomic mass is 10.0. The summed E-state index contributed by atoms with van der Waals surface area (Å²) in [4.78, 5) is 27.0. The number of benzene rings is 1. The number of nitriles is 1. The van der Waals surface area contributed by atoms with E-state index in [0.717, 1.165) is 19.4 Å². The van der Waals surface area contributed by atoms with Crippen molar-refractivity contribution in [3.05, 3.63) is 28.8 Å². The molecule has 0 bridgehead atoms. The topological polar surface area (TPSA) is 82.4 Å². The largest absolute Gasteiger partial charge is 0.462 e. The molecule has 0 heterocycles. The fourth-order valence-electron chi connectivity index (χ4n) is 2.80. The van der Waals surface area contributed by atoms with E-state index < -0.39 is 5.97 Å². The summed E-state index contributed by atoms with van der Waals surface area (Å²) in [6.45, 7) is 8.55. The molecule has 0 aliphatic carbocycles. The Morgan fingerprint density at radius 3 is 2.56 bits per heavy atom. The van der Waals surface area contributed by atoms with Crippen LogP contribution in [0.15, 0.2) is 12.1 Å². The third-order valence-electron chi connectivity index (χ3n) is 4.61. The second-order valence-corrected chi connectivity index (χ2v) is 6.75. The first kappa shape index (κ1) is 22.7. The number of rotatable bonds is 10. The SMILES string of the molecule is CCCCCCN(C)C(C)C(=O)Nc1c(C)cc(C#N)cc1C(=O)OCC. The molecule has 6 nitrogen and oxygen atoms in total. The van der Waals surface area contributed by atoms with Gasteiger partial charge in [-0.05, 0) is 58.5 Å². The minimum atomic E-state index is -0.548. The fourth-order valence-corrected chi connectivity index (χ4v) is 2.80. The van der Waals surface area contributed by atoms with E-state index >= 15 is 0 Å². The molecule has 1 amide bonds. The Labute approximate surface area is 162 Å². The summed E-state index contributed by atoms with van der Waals surface area (Å²) in [5.41, 5.74) is 1.63. The van der Waals surface area contributed by atoms with E-state index in [1.807, 2.05) is 24.9 Å². The van der Waals surface area contributed by atoms with Gasteiger partial charge in [-0.3, -0.25) is 9.69 Å². The Balaban J connectivity index is 2.94. The van der Waals surface area contributed by atoms with Crippen molar-refractivity contribution in [3.8, 4) is 6.07 Å². The molecule has 0 radical (unpaired) electrons. The maximum Gasteiger partial charge on any atom is 0.340 e. The average molecular weight is 373 g/mol. The van der Waals surface area contributed by atoms with Gasteiger partial charge in [0.25, 0.3) is 0 Å². The molecule has 1 unspecified atom stereocenters. The number of nitrogens with one attached hydrogen (secondary N) is 1. The van der Waals surface area contributed by atoms with Gasteiger partial charge < -0.3 is 10.1 Å². The van der Waals surface area contributed by atoms with Crippen LogP contribution in [0.5, 0.6) is 0 Å². The first-order valence-electron chi connectivity index (χ1n) is 9.58. The van der Waals surface area contributed by atoms with Crippen LogP contribution >= 0.6 is 0 Å². The zero-order chi connectivity index (χ0) is 20.4. The van der Waals surface area contributed by atoms with Crippen molar-refractivity contribution in [2.24, 2.45) is 0 Å². The van der Waals surface area contributed by atoms with Gasteiger partial charge in [-0.1, -0.05) is 26.2 Å². The zero-order valence-electron chi connectivity index (χ0n) is 17.1. The zero-order valence-corrected chi connectivity index (χ0v) is 17.1. The number of carbonyl (C=O) groups excluding carboxylic acids is 2. The Morgan fingerprint density at radius 1 is 1.26 bits per heavy atom. The average Bonchev–Trinajstić information content (AvgIpc) is 2.65. The van der Waals surface area contributed by atoms with Gasteiger partial charge in [0, 0.05) is 0 Å². The lowest BCUT2D eigenvalue weighted by Gasteiger charge is -2.24. The first-order chi connectivity index (χ1) is 12.8. The van der Waals surface area contributed by atoms with Crippen molar-refractivity contribution >= 4 is 17.6 Å². The maximum atomic E-state index is 12.7. The fraction of sp³-hybridized carbons (Fsp3) is 0.571. The van der Waals surface area contributed by atoms with E-state index in [1.54, 1.807) is 19.9 Å². The van der Waals surface area contributed by atoms with Gasteiger partial charge in [-0.25, -0.2) is 4.79 Å². The molecule has 1 aromatic carbocycles. The molecule has 0 aliphatic heterocycles. The molecular weight excluding hydrogens is 342 g/mol. The van der Waals surface area contributed by atoms with Gasteiger partial charge >= 0.3 is 5.97 Å². The number of carbonyl (C=O) groups is 2. The summed E-state index contributed by atoms with van der Waals surface area (Å²) >= 11 is 0. The molecular formula is C21H31N3O3. The monoisotopic (exact) mass is 373 g/mol. The molecule has 0 aromatic heterocycles. The molecule has 148 valence electrons. The highest BCUT2D eigenvalue weighted by Crippen LogP contribution is 2.24. The van der Waals surface area contributed by atoms with Gasteiger partial charge in [0.1, 0.15) is 0 Å². The molecule has 0 saturated heterocycles. The number of nitrogens with zero attached hydrogens (tertiary/aromatic N) is 2. The Morgan fingerprint density at radius 2 is 1.96 bits per heavy atom. The van der Waals surface area contributed by atoms with Gasteiger partial charge in [-0.15, -0.1) is 0 Å². The number of unbranched alkanes of at least 4 members (excludes halogenated alkanes) is 3. The summed E-state index contributed by atoms with van der Waals surface area (Å²) in [6.07, 6.45) is 4.57. The quantitative estimate of drug-likeness (QED) is 0.497. The second-order valence-electron chi connectivity index (χ2n) is 6.75. The van der Waals surface area contributed by atoms with Crippen LogP contribution in [0.4, 0.5) is 5.69 Å². The van der Waals surface area contributed by atoms with E-state index in [-0.39, 0.29) is 24.1 Å². The standard InChI is InChI=1S/C21H31N3O3/c1-6-8-9-10-11-24(5)16(4)20(25)23-19-15(3)12-17(14-22)13-18(19)21(26)27-7-2/h12-13,16H,6-11H2,1-5H3,(H,23,25). The lowest BCUT2D eigenvalue weighted by molar-refractivity contribution is -0.120. The van der Waals surface area contributed by atoms with Crippen LogP contribution in [-0.2, 0) is 9.53 Å². The van der Waals surface area contributed by atoms with Crippen molar-refractivity contribution in [3.63, 3.8) is 0 Å². The number of aryl methyl sites for hydroxylation is 1. The second kappa shape index (κ2) is 11.3. The first-order valence-corrected chi connectivity index (χ1v) is 9.58. The third kappa shape index (κ3) is 6.69. The molecule has 27 heavy (non-hydrogen) atoms. The van der Waals surface area contributed by atoms with E-state index in [4.69, 9.17) is 10.00 Å². The summed E-state index contributed by atoms with van der Waals surface area (Å²) < 4.78 is 5.08. The highest BCUT2D eigenvalue weighted by molar-refractivity contribution is 6.03. The van der Waals surface area contributed by atoms with Crippen LogP contribution in [0.1, 0.15) is 67.9 Å². The van der Waals surface area contributed by atoms with E-state index in [9.17, 15) is 9.59 Å². The van der Waals surface area contributed by atoms with Crippen molar-refractivity contribution in [1.29, 1.82) is 5.26 Å². The number of hydrogen-bond acceptors (Lipinski definition) is 5. The molecule has 1 aromatic rings. The van der Waals surface area contributed by atoms with Crippen LogP contribution in [-0.4, -0.2) is 43.0 Å². The molecule has 1 rings (SSSR count). The van der Waals surface area contributed by atoms with Gasteiger partial charge in [-0.2, -0.15) is 5.26 Å². The lowest BCUT2D eigenvalue weighted by Crippen LogP contribution is -2.40. The minimum Gasteiger partial charge on any atom is -0.462 e. The maximum absolute atomic E-state index is 12.7. The Hall–Kier alpha value is -2.39. The van der Waals surface area contributed by atoms with Gasteiger partial charge in [0.2, 0.25) is 5.91 Å². The van der Waals surface area contributed by atoms with E-state index in [1.165, 1.54) is 18.9 Å². The van der Waals surface area contributed by atoms with Gasteiger partial charge in [0.05, 0.1) is 35.5 Å². The Kier molecular flexibility index (Phi) is 9.52. The van der Waals surface area contributed by atoms with Crippen LogP contribution in [0, 0.1) is 18.3 Å². The highest BCUT2D eigenvalue weighted by Gasteiger charge is 2.22. The molecule has 0 fully saturated rings. The predicted molar refractivity (Wildman–Crippen MR) is 107 cm³/mol.